The number of hydrogen-bond acceptors (Lipinski definition) is 2. The summed E-state index contributed by atoms with van der Waals surface area (Å²) in [5.74, 6) is -0.987. The summed E-state index contributed by atoms with van der Waals surface area (Å²) in [4.78, 5) is 15.3. The smallest absolute Gasteiger partial charge is 0.355 e. The van der Waals surface area contributed by atoms with Crippen LogP contribution in [0.25, 0.3) is 11.1 Å². The van der Waals surface area contributed by atoms with Crippen molar-refractivity contribution in [3.8, 4) is 11.1 Å². The molecule has 3 heteroatoms. The Hall–Kier alpha value is -2.16. The van der Waals surface area contributed by atoms with Gasteiger partial charge in [-0.15, -0.1) is 0 Å². The number of carbonyl (C=O) groups is 1. The van der Waals surface area contributed by atoms with Gasteiger partial charge in [-0.25, -0.2) is 9.78 Å². The van der Waals surface area contributed by atoms with E-state index in [1.54, 1.807) is 6.07 Å². The Morgan fingerprint density at radius 3 is 2.58 bits per heavy atom. The molecule has 0 aliphatic rings. The Labute approximate surface area is 112 Å². The molecule has 0 aliphatic carbocycles. The molecule has 2 aromatic rings. The van der Waals surface area contributed by atoms with Gasteiger partial charge in [0, 0.05) is 11.8 Å². The number of rotatable bonds is 4. The number of aromatic nitrogens is 1. The van der Waals surface area contributed by atoms with Crippen molar-refractivity contribution in [2.45, 2.75) is 26.7 Å². The van der Waals surface area contributed by atoms with Crippen molar-refractivity contribution in [3.05, 3.63) is 53.3 Å². The maximum Gasteiger partial charge on any atom is 0.355 e. The molecular formula is C16H17NO2. The molecule has 0 saturated heterocycles. The van der Waals surface area contributed by atoms with Gasteiger partial charge >= 0.3 is 5.97 Å². The zero-order valence-corrected chi connectivity index (χ0v) is 11.2. The van der Waals surface area contributed by atoms with Crippen molar-refractivity contribution in [2.24, 2.45) is 0 Å². The SMILES string of the molecule is CCc1ccc(CC)c(-c2cccnc2C(=O)O)c1. The zero-order valence-electron chi connectivity index (χ0n) is 11.2. The third-order valence-corrected chi connectivity index (χ3v) is 3.26. The number of benzene rings is 1. The van der Waals surface area contributed by atoms with Crippen LogP contribution in [-0.4, -0.2) is 16.1 Å². The Morgan fingerprint density at radius 1 is 1.16 bits per heavy atom. The highest BCUT2D eigenvalue weighted by Gasteiger charge is 2.15. The second-order valence-corrected chi connectivity index (χ2v) is 4.40. The van der Waals surface area contributed by atoms with Crippen LogP contribution in [0.2, 0.25) is 0 Å². The van der Waals surface area contributed by atoms with Gasteiger partial charge in [0.15, 0.2) is 5.69 Å². The Balaban J connectivity index is 2.66. The summed E-state index contributed by atoms with van der Waals surface area (Å²) in [5, 5.41) is 9.25. The number of aromatic carboxylic acids is 1. The van der Waals surface area contributed by atoms with Crippen molar-refractivity contribution in [1.29, 1.82) is 0 Å². The molecule has 0 radical (unpaired) electrons. The molecule has 1 heterocycles. The van der Waals surface area contributed by atoms with Gasteiger partial charge in [0.25, 0.3) is 0 Å². The number of carboxylic acids is 1. The monoisotopic (exact) mass is 255 g/mol. The van der Waals surface area contributed by atoms with E-state index in [-0.39, 0.29) is 5.69 Å². The van der Waals surface area contributed by atoms with Crippen LogP contribution in [0.3, 0.4) is 0 Å². The summed E-state index contributed by atoms with van der Waals surface area (Å²) >= 11 is 0. The van der Waals surface area contributed by atoms with Crippen molar-refractivity contribution in [3.63, 3.8) is 0 Å². The van der Waals surface area contributed by atoms with E-state index in [0.717, 1.165) is 24.0 Å². The lowest BCUT2D eigenvalue weighted by Crippen LogP contribution is -2.04. The average Bonchev–Trinajstić information content (AvgIpc) is 2.46. The van der Waals surface area contributed by atoms with Crippen LogP contribution in [0.1, 0.15) is 35.5 Å². The first-order valence-electron chi connectivity index (χ1n) is 6.47. The number of aryl methyl sites for hydroxylation is 2. The maximum absolute atomic E-state index is 11.3. The van der Waals surface area contributed by atoms with Crippen LogP contribution in [0, 0.1) is 0 Å². The van der Waals surface area contributed by atoms with Crippen LogP contribution in [0.15, 0.2) is 36.5 Å². The summed E-state index contributed by atoms with van der Waals surface area (Å²) in [7, 11) is 0. The van der Waals surface area contributed by atoms with Gasteiger partial charge in [-0.3, -0.25) is 0 Å². The molecule has 0 unspecified atom stereocenters. The maximum atomic E-state index is 11.3. The van der Waals surface area contributed by atoms with E-state index in [2.05, 4.69) is 37.0 Å². The molecule has 2 rings (SSSR count). The normalized spacial score (nSPS) is 10.4. The second-order valence-electron chi connectivity index (χ2n) is 4.40. The molecule has 0 atom stereocenters. The van der Waals surface area contributed by atoms with Crippen molar-refractivity contribution < 1.29 is 9.90 Å². The van der Waals surface area contributed by atoms with Crippen LogP contribution in [-0.2, 0) is 12.8 Å². The minimum absolute atomic E-state index is 0.116. The highest BCUT2D eigenvalue weighted by molar-refractivity contribution is 5.94. The summed E-state index contributed by atoms with van der Waals surface area (Å²) in [5.41, 5.74) is 4.14. The van der Waals surface area contributed by atoms with Crippen molar-refractivity contribution in [2.75, 3.05) is 0 Å². The van der Waals surface area contributed by atoms with Crippen molar-refractivity contribution >= 4 is 5.97 Å². The second kappa shape index (κ2) is 5.65. The van der Waals surface area contributed by atoms with E-state index in [4.69, 9.17) is 0 Å². The third-order valence-electron chi connectivity index (χ3n) is 3.26. The molecule has 0 bridgehead atoms. The highest BCUT2D eigenvalue weighted by Crippen LogP contribution is 2.28. The molecule has 19 heavy (non-hydrogen) atoms. The summed E-state index contributed by atoms with van der Waals surface area (Å²) in [6.45, 7) is 4.16. The molecule has 0 spiro atoms. The molecular weight excluding hydrogens is 238 g/mol. The zero-order chi connectivity index (χ0) is 13.8. The summed E-state index contributed by atoms with van der Waals surface area (Å²) in [6.07, 6.45) is 3.31. The van der Waals surface area contributed by atoms with Gasteiger partial charge in [-0.05, 0) is 35.6 Å². The lowest BCUT2D eigenvalue weighted by molar-refractivity contribution is 0.0691. The quantitative estimate of drug-likeness (QED) is 0.908. The molecule has 0 aliphatic heterocycles. The van der Waals surface area contributed by atoms with Crippen LogP contribution in [0.4, 0.5) is 0 Å². The minimum atomic E-state index is -0.987. The minimum Gasteiger partial charge on any atom is -0.476 e. The predicted octanol–water partition coefficient (Wildman–Crippen LogP) is 3.57. The van der Waals surface area contributed by atoms with Gasteiger partial charge in [0.1, 0.15) is 0 Å². The molecule has 3 nitrogen and oxygen atoms in total. The van der Waals surface area contributed by atoms with Crippen LogP contribution in [0.5, 0.6) is 0 Å². The first-order valence-corrected chi connectivity index (χ1v) is 6.47. The first-order chi connectivity index (χ1) is 9.17. The third kappa shape index (κ3) is 2.65. The fourth-order valence-corrected chi connectivity index (χ4v) is 2.20. The fourth-order valence-electron chi connectivity index (χ4n) is 2.20. The summed E-state index contributed by atoms with van der Waals surface area (Å²) < 4.78 is 0. The standard InChI is InChI=1S/C16H17NO2/c1-3-11-7-8-12(4-2)14(10-11)13-6-5-9-17-15(13)16(18)19/h5-10H,3-4H2,1-2H3,(H,18,19). The van der Waals surface area contributed by atoms with Gasteiger partial charge in [0.05, 0.1) is 0 Å². The summed E-state index contributed by atoms with van der Waals surface area (Å²) in [6, 6.07) is 9.85. The van der Waals surface area contributed by atoms with E-state index in [9.17, 15) is 9.90 Å². The molecule has 0 fully saturated rings. The highest BCUT2D eigenvalue weighted by atomic mass is 16.4. The lowest BCUT2D eigenvalue weighted by atomic mass is 9.94. The topological polar surface area (TPSA) is 50.2 Å². The average molecular weight is 255 g/mol. The van der Waals surface area contributed by atoms with Gasteiger partial charge in [-0.1, -0.05) is 38.1 Å². The molecule has 1 N–H and O–H groups in total. The van der Waals surface area contributed by atoms with E-state index in [1.807, 2.05) is 6.07 Å². The Kier molecular flexibility index (Phi) is 3.95. The Bertz CT molecular complexity index is 605. The molecule has 1 aromatic carbocycles. The predicted molar refractivity (Wildman–Crippen MR) is 75.4 cm³/mol. The van der Waals surface area contributed by atoms with E-state index < -0.39 is 5.97 Å². The van der Waals surface area contributed by atoms with Gasteiger partial charge in [0.2, 0.25) is 0 Å². The Morgan fingerprint density at radius 2 is 1.95 bits per heavy atom. The number of nitrogens with zero attached hydrogens (tertiary/aromatic N) is 1. The number of pyridine rings is 1. The van der Waals surface area contributed by atoms with Crippen LogP contribution >= 0.6 is 0 Å². The van der Waals surface area contributed by atoms with E-state index in [0.29, 0.717) is 5.56 Å². The number of carboxylic acid groups (broad SMARTS) is 1. The van der Waals surface area contributed by atoms with E-state index >= 15 is 0 Å². The van der Waals surface area contributed by atoms with Crippen molar-refractivity contribution in [1.82, 2.24) is 4.98 Å². The lowest BCUT2D eigenvalue weighted by Gasteiger charge is -2.12. The van der Waals surface area contributed by atoms with Gasteiger partial charge < -0.3 is 5.11 Å². The van der Waals surface area contributed by atoms with E-state index in [1.165, 1.54) is 11.8 Å². The van der Waals surface area contributed by atoms with Gasteiger partial charge in [-0.2, -0.15) is 0 Å². The molecule has 98 valence electrons. The largest absolute Gasteiger partial charge is 0.476 e. The molecule has 0 saturated carbocycles. The number of hydrogen-bond donors (Lipinski definition) is 1. The fraction of sp³-hybridized carbons (Fsp3) is 0.250. The first kappa shape index (κ1) is 13.3. The molecule has 1 aromatic heterocycles. The van der Waals surface area contributed by atoms with Crippen LogP contribution < -0.4 is 0 Å². The molecule has 0 amide bonds.